The van der Waals surface area contributed by atoms with E-state index >= 15 is 0 Å². The summed E-state index contributed by atoms with van der Waals surface area (Å²) in [6.07, 6.45) is 0.0296. The predicted molar refractivity (Wildman–Crippen MR) is 77.7 cm³/mol. The average molecular weight is 282 g/mol. The molecule has 1 heterocycles. The fourth-order valence-electron chi connectivity index (χ4n) is 2.77. The van der Waals surface area contributed by atoms with Crippen LogP contribution in [0.2, 0.25) is 0 Å². The molecule has 1 aliphatic rings. The van der Waals surface area contributed by atoms with Crippen LogP contribution in [-0.4, -0.2) is 46.6 Å². The Hall–Kier alpha value is -1.17. The summed E-state index contributed by atoms with van der Waals surface area (Å²) < 4.78 is 25.1. The van der Waals surface area contributed by atoms with Crippen molar-refractivity contribution in [3.63, 3.8) is 0 Å². The lowest BCUT2D eigenvalue weighted by molar-refractivity contribution is -0.00461. The minimum Gasteiger partial charge on any atom is -0.377 e. The normalized spacial score (nSPS) is 24.1. The van der Waals surface area contributed by atoms with Crippen LogP contribution in [0.5, 0.6) is 0 Å². The van der Waals surface area contributed by atoms with Gasteiger partial charge in [-0.2, -0.15) is 0 Å². The van der Waals surface area contributed by atoms with Crippen LogP contribution in [0.3, 0.4) is 0 Å². The molecule has 0 amide bonds. The second kappa shape index (κ2) is 6.52. The van der Waals surface area contributed by atoms with Gasteiger partial charge in [-0.15, -0.1) is 0 Å². The quantitative estimate of drug-likeness (QED) is 0.895. The van der Waals surface area contributed by atoms with Crippen LogP contribution in [0.15, 0.2) is 18.2 Å². The van der Waals surface area contributed by atoms with Crippen molar-refractivity contribution in [3.8, 4) is 0 Å². The minimum absolute atomic E-state index is 0.0148. The lowest BCUT2D eigenvalue weighted by Gasteiger charge is -2.25. The largest absolute Gasteiger partial charge is 0.377 e. The van der Waals surface area contributed by atoms with Crippen molar-refractivity contribution in [2.75, 3.05) is 39.3 Å². The zero-order valence-electron chi connectivity index (χ0n) is 12.5. The number of nitrogens with zero attached hydrogens (tertiary/aromatic N) is 1. The van der Waals surface area contributed by atoms with Crippen LogP contribution in [0, 0.1) is 5.82 Å². The van der Waals surface area contributed by atoms with Crippen molar-refractivity contribution >= 4 is 5.69 Å². The van der Waals surface area contributed by atoms with E-state index in [1.165, 1.54) is 6.07 Å². The van der Waals surface area contributed by atoms with Crippen LogP contribution in [0.1, 0.15) is 18.5 Å². The van der Waals surface area contributed by atoms with Gasteiger partial charge in [0.2, 0.25) is 0 Å². The third-order valence-corrected chi connectivity index (χ3v) is 4.06. The first-order valence-corrected chi connectivity index (χ1v) is 6.88. The predicted octanol–water partition coefficient (Wildman–Crippen LogP) is 1.96. The number of benzene rings is 1. The van der Waals surface area contributed by atoms with Crippen molar-refractivity contribution < 1.29 is 13.9 Å². The minimum atomic E-state index is -0.181. The van der Waals surface area contributed by atoms with Gasteiger partial charge >= 0.3 is 0 Å². The first kappa shape index (κ1) is 15.2. The highest BCUT2D eigenvalue weighted by Crippen LogP contribution is 2.32. The van der Waals surface area contributed by atoms with Gasteiger partial charge in [0.15, 0.2) is 0 Å². The fraction of sp³-hybridized carbons (Fsp3) is 0.600. The Bertz CT molecular complexity index is 443. The molecule has 1 saturated heterocycles. The van der Waals surface area contributed by atoms with E-state index in [-0.39, 0.29) is 24.1 Å². The van der Waals surface area contributed by atoms with Gasteiger partial charge in [-0.25, -0.2) is 4.39 Å². The Labute approximate surface area is 119 Å². The molecule has 0 saturated carbocycles. The van der Waals surface area contributed by atoms with E-state index in [4.69, 9.17) is 9.47 Å². The zero-order chi connectivity index (χ0) is 14.7. The molecule has 0 aromatic heterocycles. The number of methoxy groups -OCH3 is 2. The number of anilines is 1. The van der Waals surface area contributed by atoms with Crippen molar-refractivity contribution in [2.45, 2.75) is 25.2 Å². The van der Waals surface area contributed by atoms with Gasteiger partial charge in [0.25, 0.3) is 0 Å². The molecule has 4 nitrogen and oxygen atoms in total. The van der Waals surface area contributed by atoms with Gasteiger partial charge in [0, 0.05) is 44.6 Å². The van der Waals surface area contributed by atoms with E-state index in [2.05, 4.69) is 10.2 Å². The number of halogens is 1. The zero-order valence-corrected chi connectivity index (χ0v) is 12.5. The number of ether oxygens (including phenoxy) is 2. The van der Waals surface area contributed by atoms with Gasteiger partial charge < -0.3 is 19.7 Å². The van der Waals surface area contributed by atoms with Crippen LogP contribution < -0.4 is 10.2 Å². The molecule has 0 aliphatic carbocycles. The van der Waals surface area contributed by atoms with Crippen LogP contribution in [-0.2, 0) is 9.47 Å². The van der Waals surface area contributed by atoms with E-state index in [0.717, 1.165) is 5.69 Å². The van der Waals surface area contributed by atoms with Crippen molar-refractivity contribution in [3.05, 3.63) is 29.6 Å². The Balaban J connectivity index is 2.32. The van der Waals surface area contributed by atoms with Crippen molar-refractivity contribution in [1.29, 1.82) is 0 Å². The fourth-order valence-corrected chi connectivity index (χ4v) is 2.77. The van der Waals surface area contributed by atoms with E-state index in [1.54, 1.807) is 20.3 Å². The number of nitrogens with one attached hydrogen (secondary N) is 1. The maximum Gasteiger partial charge on any atom is 0.130 e. The monoisotopic (exact) mass is 282 g/mol. The highest BCUT2D eigenvalue weighted by molar-refractivity contribution is 5.56. The van der Waals surface area contributed by atoms with Crippen molar-refractivity contribution in [1.82, 2.24) is 5.32 Å². The molecule has 0 bridgehead atoms. The summed E-state index contributed by atoms with van der Waals surface area (Å²) in [6.45, 7) is 3.38. The summed E-state index contributed by atoms with van der Waals surface area (Å²) in [6, 6.07) is 5.16. The number of hydrogen-bond acceptors (Lipinski definition) is 4. The lowest BCUT2D eigenvalue weighted by atomic mass is 10.0. The molecule has 20 heavy (non-hydrogen) atoms. The Kier molecular flexibility index (Phi) is 4.96. The third kappa shape index (κ3) is 2.80. The average Bonchev–Trinajstić information content (AvgIpc) is 2.89. The van der Waals surface area contributed by atoms with Crippen LogP contribution in [0.25, 0.3) is 0 Å². The van der Waals surface area contributed by atoms with Gasteiger partial charge in [0.1, 0.15) is 18.0 Å². The molecule has 3 unspecified atom stereocenters. The molecule has 1 fully saturated rings. The summed E-state index contributed by atoms with van der Waals surface area (Å²) in [4.78, 5) is 2.13. The first-order chi connectivity index (χ1) is 9.62. The molecule has 1 aromatic carbocycles. The maximum atomic E-state index is 14.2. The molecule has 0 radical (unpaired) electrons. The molecule has 3 atom stereocenters. The van der Waals surface area contributed by atoms with Gasteiger partial charge in [-0.1, -0.05) is 6.07 Å². The summed E-state index contributed by atoms with van der Waals surface area (Å²) >= 11 is 0. The SMILES string of the molecule is CNC(C)c1c(F)cccc1N1CC(OC)C(OC)C1. The first-order valence-electron chi connectivity index (χ1n) is 6.88. The Morgan fingerprint density at radius 3 is 2.35 bits per heavy atom. The second-order valence-corrected chi connectivity index (χ2v) is 5.14. The third-order valence-electron chi connectivity index (χ3n) is 4.06. The van der Waals surface area contributed by atoms with Gasteiger partial charge in [-0.05, 0) is 26.1 Å². The highest BCUT2D eigenvalue weighted by atomic mass is 19.1. The van der Waals surface area contributed by atoms with E-state index in [1.807, 2.05) is 20.0 Å². The maximum absolute atomic E-state index is 14.2. The molecule has 2 rings (SSSR count). The molecule has 5 heteroatoms. The molecule has 0 spiro atoms. The van der Waals surface area contributed by atoms with E-state index in [0.29, 0.717) is 18.7 Å². The molecule has 1 N–H and O–H groups in total. The highest BCUT2D eigenvalue weighted by Gasteiger charge is 2.34. The summed E-state index contributed by atoms with van der Waals surface area (Å²) in [5.41, 5.74) is 1.61. The van der Waals surface area contributed by atoms with E-state index < -0.39 is 0 Å². The topological polar surface area (TPSA) is 33.7 Å². The summed E-state index contributed by atoms with van der Waals surface area (Å²) in [5, 5.41) is 3.11. The molecule has 1 aliphatic heterocycles. The smallest absolute Gasteiger partial charge is 0.130 e. The summed E-state index contributed by atoms with van der Waals surface area (Å²) in [7, 11) is 5.20. The Morgan fingerprint density at radius 2 is 1.85 bits per heavy atom. The standard InChI is InChI=1S/C15H23FN2O2/c1-10(17-2)15-11(16)6-5-7-12(15)18-8-13(19-3)14(9-18)20-4/h5-7,10,13-14,17H,8-9H2,1-4H3. The van der Waals surface area contributed by atoms with E-state index in [9.17, 15) is 4.39 Å². The lowest BCUT2D eigenvalue weighted by Crippen LogP contribution is -2.27. The second-order valence-electron chi connectivity index (χ2n) is 5.14. The van der Waals surface area contributed by atoms with Crippen LogP contribution in [0.4, 0.5) is 10.1 Å². The molecule has 1 aromatic rings. The van der Waals surface area contributed by atoms with Crippen molar-refractivity contribution in [2.24, 2.45) is 0 Å². The molecular formula is C15H23FN2O2. The number of rotatable bonds is 5. The Morgan fingerprint density at radius 1 is 1.25 bits per heavy atom. The molecule has 112 valence electrons. The van der Waals surface area contributed by atoms with Gasteiger partial charge in [0.05, 0.1) is 0 Å². The van der Waals surface area contributed by atoms with Gasteiger partial charge in [-0.3, -0.25) is 0 Å². The summed E-state index contributed by atoms with van der Waals surface area (Å²) in [5.74, 6) is -0.181. The molecular weight excluding hydrogens is 259 g/mol. The number of hydrogen-bond donors (Lipinski definition) is 1. The van der Waals surface area contributed by atoms with Crippen LogP contribution >= 0.6 is 0 Å².